The molecule has 5 nitrogen and oxygen atoms in total. The molecule has 0 fully saturated rings. The molecule has 1 aromatic heterocycles. The van der Waals surface area contributed by atoms with Crippen molar-refractivity contribution in [1.29, 1.82) is 0 Å². The first-order valence-electron chi connectivity index (χ1n) is 7.86. The minimum atomic E-state index is -0.446. The summed E-state index contributed by atoms with van der Waals surface area (Å²) in [6, 6.07) is 14.7. The maximum absolute atomic E-state index is 13.1. The normalized spacial score (nSPS) is 17.8. The molecule has 0 bridgehead atoms. The van der Waals surface area contributed by atoms with E-state index in [4.69, 9.17) is 11.6 Å². The summed E-state index contributed by atoms with van der Waals surface area (Å²) in [6.45, 7) is 0. The van der Waals surface area contributed by atoms with Crippen LogP contribution in [-0.2, 0) is 0 Å². The number of hydrogen-bond acceptors (Lipinski definition) is 3. The molecule has 0 amide bonds. The molecule has 2 heterocycles. The molecule has 2 aromatic carbocycles. The van der Waals surface area contributed by atoms with Gasteiger partial charge in [-0.3, -0.25) is 19.8 Å². The smallest absolute Gasteiger partial charge is 0.270 e. The van der Waals surface area contributed by atoms with E-state index in [1.165, 1.54) is 0 Å². The van der Waals surface area contributed by atoms with Crippen LogP contribution in [0.25, 0.3) is 5.70 Å². The first-order chi connectivity index (χ1) is 12.1. The van der Waals surface area contributed by atoms with Gasteiger partial charge < -0.3 is 5.32 Å². The van der Waals surface area contributed by atoms with Gasteiger partial charge in [0.15, 0.2) is 5.78 Å². The van der Waals surface area contributed by atoms with Gasteiger partial charge in [-0.15, -0.1) is 0 Å². The average molecular weight is 350 g/mol. The van der Waals surface area contributed by atoms with Crippen molar-refractivity contribution in [1.82, 2.24) is 10.2 Å². The molecule has 2 aliphatic rings. The van der Waals surface area contributed by atoms with Crippen molar-refractivity contribution in [3.8, 4) is 0 Å². The Morgan fingerprint density at radius 3 is 2.36 bits per heavy atom. The zero-order chi connectivity index (χ0) is 17.1. The standard InChI is InChI=1S/C19H12ClN3O2/c20-10-7-5-9(6-8-10)13-14-16(21-18-15(13)19(25)23-22-18)11-3-1-2-4-12(11)17(14)24/h1-8,13H,(H3,21,22,23,25)/t13-/m1/s1. The summed E-state index contributed by atoms with van der Waals surface area (Å²) in [5.74, 6) is 0.0934. The van der Waals surface area contributed by atoms with Crippen molar-refractivity contribution in [2.24, 2.45) is 0 Å². The number of aromatic nitrogens is 2. The summed E-state index contributed by atoms with van der Waals surface area (Å²) >= 11 is 6.01. The van der Waals surface area contributed by atoms with Crippen molar-refractivity contribution < 1.29 is 4.79 Å². The van der Waals surface area contributed by atoms with E-state index in [0.717, 1.165) is 16.8 Å². The van der Waals surface area contributed by atoms with Crippen LogP contribution in [0, 0.1) is 0 Å². The molecule has 3 aromatic rings. The number of nitrogens with one attached hydrogen (secondary N) is 3. The zero-order valence-corrected chi connectivity index (χ0v) is 13.6. The largest absolute Gasteiger partial charge is 0.339 e. The van der Waals surface area contributed by atoms with Crippen LogP contribution in [-0.4, -0.2) is 16.0 Å². The Morgan fingerprint density at radius 2 is 1.60 bits per heavy atom. The SMILES string of the molecule is O=C1C2=C(Nc3[nH][nH]c(=O)c3[C@@H]2c2ccc(Cl)cc2)c2ccccc21. The number of carbonyl (C=O) groups is 1. The number of allylic oxidation sites excluding steroid dienone is 1. The Balaban J connectivity index is 1.80. The van der Waals surface area contributed by atoms with Crippen molar-refractivity contribution >= 4 is 28.9 Å². The van der Waals surface area contributed by atoms with E-state index in [2.05, 4.69) is 15.5 Å². The summed E-state index contributed by atoms with van der Waals surface area (Å²) in [5.41, 5.74) is 3.99. The number of benzene rings is 2. The summed E-state index contributed by atoms with van der Waals surface area (Å²) < 4.78 is 0. The summed E-state index contributed by atoms with van der Waals surface area (Å²) in [7, 11) is 0. The summed E-state index contributed by atoms with van der Waals surface area (Å²) in [6.07, 6.45) is 0. The molecule has 122 valence electrons. The van der Waals surface area contributed by atoms with Gasteiger partial charge in [-0.25, -0.2) is 0 Å². The van der Waals surface area contributed by atoms with Gasteiger partial charge in [0.25, 0.3) is 5.56 Å². The number of fused-ring (bicyclic) bond motifs is 3. The molecule has 0 saturated carbocycles. The van der Waals surface area contributed by atoms with Crippen LogP contribution < -0.4 is 10.9 Å². The Bertz CT molecular complexity index is 1120. The molecule has 1 aliphatic carbocycles. The predicted molar refractivity (Wildman–Crippen MR) is 96.0 cm³/mol. The maximum Gasteiger partial charge on any atom is 0.270 e. The van der Waals surface area contributed by atoms with Gasteiger partial charge in [-0.05, 0) is 17.7 Å². The fourth-order valence-electron chi connectivity index (χ4n) is 3.71. The number of anilines is 1. The third-order valence-corrected chi connectivity index (χ3v) is 5.05. The summed E-state index contributed by atoms with van der Waals surface area (Å²) in [4.78, 5) is 25.5. The lowest BCUT2D eigenvalue weighted by Gasteiger charge is -2.25. The predicted octanol–water partition coefficient (Wildman–Crippen LogP) is 3.52. The lowest BCUT2D eigenvalue weighted by molar-refractivity contribution is 0.103. The molecule has 5 rings (SSSR count). The van der Waals surface area contributed by atoms with Gasteiger partial charge in [-0.1, -0.05) is 48.0 Å². The number of Topliss-reactive ketones (excluding diaryl/α,β-unsaturated/α-hetero) is 1. The highest BCUT2D eigenvalue weighted by molar-refractivity contribution is 6.30. The van der Waals surface area contributed by atoms with Crippen LogP contribution in [0.15, 0.2) is 58.9 Å². The maximum atomic E-state index is 13.1. The number of aromatic amines is 2. The van der Waals surface area contributed by atoms with Gasteiger partial charge in [0.1, 0.15) is 5.82 Å². The second-order valence-corrected chi connectivity index (χ2v) is 6.58. The number of H-pyrrole nitrogens is 2. The van der Waals surface area contributed by atoms with Crippen LogP contribution in [0.5, 0.6) is 0 Å². The van der Waals surface area contributed by atoms with E-state index in [-0.39, 0.29) is 11.3 Å². The number of ketones is 1. The Kier molecular flexibility index (Phi) is 2.85. The molecule has 1 atom stereocenters. The fraction of sp³-hybridized carbons (Fsp3) is 0.0526. The van der Waals surface area contributed by atoms with Gasteiger partial charge in [0, 0.05) is 27.6 Å². The minimum Gasteiger partial charge on any atom is -0.339 e. The van der Waals surface area contributed by atoms with E-state index < -0.39 is 5.92 Å². The molecule has 0 unspecified atom stereocenters. The first-order valence-corrected chi connectivity index (χ1v) is 8.24. The lowest BCUT2D eigenvalue weighted by atomic mass is 9.82. The molecule has 1 aliphatic heterocycles. The van der Waals surface area contributed by atoms with Crippen LogP contribution in [0.4, 0.5) is 5.82 Å². The highest BCUT2D eigenvalue weighted by Gasteiger charge is 2.41. The number of halogens is 1. The minimum absolute atomic E-state index is 0.0516. The number of rotatable bonds is 1. The number of hydrogen-bond donors (Lipinski definition) is 3. The Labute approximate surface area is 147 Å². The molecule has 25 heavy (non-hydrogen) atoms. The van der Waals surface area contributed by atoms with Crippen molar-refractivity contribution in [3.05, 3.63) is 91.7 Å². The zero-order valence-electron chi connectivity index (χ0n) is 12.9. The third-order valence-electron chi connectivity index (χ3n) is 4.80. The average Bonchev–Trinajstić information content (AvgIpc) is 3.14. The highest BCUT2D eigenvalue weighted by atomic mass is 35.5. The third kappa shape index (κ3) is 1.90. The second kappa shape index (κ2) is 4.97. The first kappa shape index (κ1) is 14.3. The van der Waals surface area contributed by atoms with Crippen LogP contribution >= 0.6 is 11.6 Å². The lowest BCUT2D eigenvalue weighted by Crippen LogP contribution is -2.23. The number of carbonyl (C=O) groups excluding carboxylic acids is 1. The van der Waals surface area contributed by atoms with E-state index in [1.54, 1.807) is 12.1 Å². The van der Waals surface area contributed by atoms with Crippen LogP contribution in [0.1, 0.15) is 33.0 Å². The Hall–Kier alpha value is -3.05. The molecule has 6 heteroatoms. The monoisotopic (exact) mass is 349 g/mol. The van der Waals surface area contributed by atoms with Crippen LogP contribution in [0.3, 0.4) is 0 Å². The molecular weight excluding hydrogens is 338 g/mol. The quantitative estimate of drug-likeness (QED) is 0.629. The fourth-order valence-corrected chi connectivity index (χ4v) is 3.84. The van der Waals surface area contributed by atoms with Crippen molar-refractivity contribution in [3.63, 3.8) is 0 Å². The Morgan fingerprint density at radius 1 is 0.880 bits per heavy atom. The van der Waals surface area contributed by atoms with Crippen LogP contribution in [0.2, 0.25) is 5.02 Å². The molecule has 3 N–H and O–H groups in total. The molecule has 0 radical (unpaired) electrons. The molecule has 0 saturated heterocycles. The van der Waals surface area contributed by atoms with Gasteiger partial charge in [0.05, 0.1) is 11.3 Å². The van der Waals surface area contributed by atoms with Gasteiger partial charge in [0.2, 0.25) is 0 Å². The molecule has 0 spiro atoms. The van der Waals surface area contributed by atoms with E-state index >= 15 is 0 Å². The second-order valence-electron chi connectivity index (χ2n) is 6.14. The van der Waals surface area contributed by atoms with E-state index in [0.29, 0.717) is 27.5 Å². The van der Waals surface area contributed by atoms with Crippen molar-refractivity contribution in [2.45, 2.75) is 5.92 Å². The van der Waals surface area contributed by atoms with Crippen molar-refractivity contribution in [2.75, 3.05) is 5.32 Å². The van der Waals surface area contributed by atoms with E-state index in [9.17, 15) is 9.59 Å². The van der Waals surface area contributed by atoms with Gasteiger partial charge >= 0.3 is 0 Å². The van der Waals surface area contributed by atoms with E-state index in [1.807, 2.05) is 36.4 Å². The van der Waals surface area contributed by atoms with Gasteiger partial charge in [-0.2, -0.15) is 0 Å². The summed E-state index contributed by atoms with van der Waals surface area (Å²) in [5, 5.41) is 9.32. The molecular formula is C19H12ClN3O2. The topological polar surface area (TPSA) is 77.8 Å². The highest BCUT2D eigenvalue weighted by Crippen LogP contribution is 2.47.